The molecule has 6 nitrogen and oxygen atoms in total. The van der Waals surface area contributed by atoms with Crippen LogP contribution >= 0.6 is 0 Å². The van der Waals surface area contributed by atoms with E-state index < -0.39 is 0 Å². The molecule has 1 unspecified atom stereocenters. The van der Waals surface area contributed by atoms with Gasteiger partial charge < -0.3 is 18.8 Å². The van der Waals surface area contributed by atoms with Crippen molar-refractivity contribution in [3.05, 3.63) is 71.6 Å². The van der Waals surface area contributed by atoms with Crippen LogP contribution < -0.4 is 4.74 Å². The number of nitrogens with zero attached hydrogens (tertiary/aromatic N) is 2. The Morgan fingerprint density at radius 2 is 1.93 bits per heavy atom. The third kappa shape index (κ3) is 4.32. The van der Waals surface area contributed by atoms with Crippen molar-refractivity contribution in [2.45, 2.75) is 19.4 Å². The summed E-state index contributed by atoms with van der Waals surface area (Å²) in [4.78, 5) is 19.3. The minimum absolute atomic E-state index is 0.0342. The summed E-state index contributed by atoms with van der Waals surface area (Å²) in [6.07, 6.45) is 0.120. The van der Waals surface area contributed by atoms with Crippen LogP contribution in [-0.4, -0.2) is 42.6 Å². The van der Waals surface area contributed by atoms with Gasteiger partial charge in [0.2, 0.25) is 11.8 Å². The first-order valence-electron chi connectivity index (χ1n) is 9.69. The van der Waals surface area contributed by atoms with Crippen LogP contribution in [0.4, 0.5) is 0 Å². The predicted molar refractivity (Wildman–Crippen MR) is 109 cm³/mol. The molecule has 150 valence electrons. The highest BCUT2D eigenvalue weighted by Crippen LogP contribution is 2.26. The zero-order valence-corrected chi connectivity index (χ0v) is 16.6. The van der Waals surface area contributed by atoms with Crippen molar-refractivity contribution in [1.29, 1.82) is 0 Å². The number of methoxy groups -OCH3 is 1. The summed E-state index contributed by atoms with van der Waals surface area (Å²) >= 11 is 0. The summed E-state index contributed by atoms with van der Waals surface area (Å²) in [5.41, 5.74) is 2.61. The van der Waals surface area contributed by atoms with Gasteiger partial charge >= 0.3 is 0 Å². The Bertz CT molecular complexity index is 966. The number of morpholine rings is 1. The number of ether oxygens (including phenoxy) is 2. The van der Waals surface area contributed by atoms with Crippen LogP contribution in [-0.2, 0) is 16.0 Å². The maximum absolute atomic E-state index is 12.9. The van der Waals surface area contributed by atoms with Gasteiger partial charge in [-0.15, -0.1) is 0 Å². The highest BCUT2D eigenvalue weighted by Gasteiger charge is 2.26. The topological polar surface area (TPSA) is 64.8 Å². The van der Waals surface area contributed by atoms with E-state index in [1.54, 1.807) is 7.11 Å². The summed E-state index contributed by atoms with van der Waals surface area (Å²) in [7, 11) is 1.63. The second kappa shape index (κ2) is 8.49. The number of carbonyl (C=O) groups excluding carboxylic acids is 1. The van der Waals surface area contributed by atoms with Crippen molar-refractivity contribution in [3.8, 4) is 17.2 Å². The van der Waals surface area contributed by atoms with E-state index in [1.165, 1.54) is 0 Å². The molecule has 1 aliphatic heterocycles. The lowest BCUT2D eigenvalue weighted by molar-refractivity contribution is -0.138. The Morgan fingerprint density at radius 3 is 2.66 bits per heavy atom. The Labute approximate surface area is 170 Å². The molecule has 1 atom stereocenters. The van der Waals surface area contributed by atoms with Gasteiger partial charge in [-0.3, -0.25) is 4.79 Å². The van der Waals surface area contributed by atoms with Crippen molar-refractivity contribution in [2.75, 3.05) is 26.8 Å². The molecule has 1 amide bonds. The molecule has 6 heteroatoms. The van der Waals surface area contributed by atoms with Gasteiger partial charge in [-0.05, 0) is 36.8 Å². The Balaban J connectivity index is 1.44. The standard InChI is InChI=1S/C23H24N2O4/c1-16-20(24-23(29-16)18-8-10-19(27-2)11-9-18)14-22(26)25-12-13-28-21(15-25)17-6-4-3-5-7-17/h3-11,21H,12-15H2,1-2H3. The first kappa shape index (κ1) is 19.2. The number of aromatic nitrogens is 1. The van der Waals surface area contributed by atoms with Crippen molar-refractivity contribution in [3.63, 3.8) is 0 Å². The molecule has 1 saturated heterocycles. The molecule has 2 aromatic carbocycles. The van der Waals surface area contributed by atoms with Gasteiger partial charge in [0.25, 0.3) is 0 Å². The summed E-state index contributed by atoms with van der Waals surface area (Å²) in [6.45, 7) is 3.50. The van der Waals surface area contributed by atoms with Crippen LogP contribution in [0.1, 0.15) is 23.1 Å². The first-order chi connectivity index (χ1) is 14.1. The van der Waals surface area contributed by atoms with Crippen LogP contribution in [0, 0.1) is 6.92 Å². The molecule has 4 rings (SSSR count). The molecule has 2 heterocycles. The number of rotatable bonds is 5. The van der Waals surface area contributed by atoms with Crippen LogP contribution in [0.3, 0.4) is 0 Å². The minimum atomic E-state index is -0.0952. The number of hydrogen-bond donors (Lipinski definition) is 0. The maximum Gasteiger partial charge on any atom is 0.228 e. The number of hydrogen-bond acceptors (Lipinski definition) is 5. The molecule has 0 aliphatic carbocycles. The monoisotopic (exact) mass is 392 g/mol. The smallest absolute Gasteiger partial charge is 0.228 e. The molecule has 0 spiro atoms. The SMILES string of the molecule is COc1ccc(-c2nc(CC(=O)N3CCOC(c4ccccc4)C3)c(C)o2)cc1. The van der Waals surface area contributed by atoms with Gasteiger partial charge in [-0.25, -0.2) is 4.98 Å². The lowest BCUT2D eigenvalue weighted by Crippen LogP contribution is -2.43. The van der Waals surface area contributed by atoms with Gasteiger partial charge in [-0.2, -0.15) is 0 Å². The summed E-state index contributed by atoms with van der Waals surface area (Å²) < 4.78 is 16.8. The molecule has 3 aromatic rings. The zero-order chi connectivity index (χ0) is 20.2. The molecule has 29 heavy (non-hydrogen) atoms. The van der Waals surface area contributed by atoms with E-state index >= 15 is 0 Å². The molecular weight excluding hydrogens is 368 g/mol. The molecule has 0 N–H and O–H groups in total. The number of benzene rings is 2. The highest BCUT2D eigenvalue weighted by atomic mass is 16.5. The van der Waals surface area contributed by atoms with Crippen LogP contribution in [0.15, 0.2) is 59.0 Å². The fourth-order valence-electron chi connectivity index (χ4n) is 3.45. The predicted octanol–water partition coefficient (Wildman–Crippen LogP) is 3.80. The van der Waals surface area contributed by atoms with Crippen LogP contribution in [0.2, 0.25) is 0 Å². The van der Waals surface area contributed by atoms with E-state index in [1.807, 2.05) is 66.4 Å². The number of oxazole rings is 1. The second-order valence-corrected chi connectivity index (χ2v) is 7.04. The van der Waals surface area contributed by atoms with Gasteiger partial charge in [0, 0.05) is 12.1 Å². The molecule has 1 fully saturated rings. The summed E-state index contributed by atoms with van der Waals surface area (Å²) in [5.74, 6) is 1.98. The second-order valence-electron chi connectivity index (χ2n) is 7.04. The van der Waals surface area contributed by atoms with Crippen molar-refractivity contribution < 1.29 is 18.7 Å². The molecule has 1 aliphatic rings. The van der Waals surface area contributed by atoms with Gasteiger partial charge in [0.15, 0.2) is 0 Å². The van der Waals surface area contributed by atoms with E-state index in [-0.39, 0.29) is 18.4 Å². The average Bonchev–Trinajstić information content (AvgIpc) is 3.14. The highest BCUT2D eigenvalue weighted by molar-refractivity contribution is 5.79. The van der Waals surface area contributed by atoms with E-state index in [0.29, 0.717) is 37.0 Å². The molecule has 1 aromatic heterocycles. The third-order valence-corrected chi connectivity index (χ3v) is 5.14. The quantitative estimate of drug-likeness (QED) is 0.661. The zero-order valence-electron chi connectivity index (χ0n) is 16.6. The largest absolute Gasteiger partial charge is 0.497 e. The maximum atomic E-state index is 12.9. The van der Waals surface area contributed by atoms with Gasteiger partial charge in [0.05, 0.1) is 32.4 Å². The van der Waals surface area contributed by atoms with E-state index in [2.05, 4.69) is 4.98 Å². The average molecular weight is 392 g/mol. The lowest BCUT2D eigenvalue weighted by atomic mass is 10.1. The molecule has 0 saturated carbocycles. The summed E-state index contributed by atoms with van der Waals surface area (Å²) in [6, 6.07) is 17.5. The normalized spacial score (nSPS) is 16.6. The Hall–Kier alpha value is -3.12. The molecular formula is C23H24N2O4. The molecule has 0 radical (unpaired) electrons. The van der Waals surface area contributed by atoms with E-state index in [9.17, 15) is 4.79 Å². The van der Waals surface area contributed by atoms with E-state index in [4.69, 9.17) is 13.9 Å². The number of amides is 1. The lowest BCUT2D eigenvalue weighted by Gasteiger charge is -2.33. The van der Waals surface area contributed by atoms with Crippen molar-refractivity contribution in [1.82, 2.24) is 9.88 Å². The van der Waals surface area contributed by atoms with Crippen molar-refractivity contribution >= 4 is 5.91 Å². The minimum Gasteiger partial charge on any atom is -0.497 e. The number of aryl methyl sites for hydroxylation is 1. The van der Waals surface area contributed by atoms with E-state index in [0.717, 1.165) is 16.9 Å². The van der Waals surface area contributed by atoms with Crippen LogP contribution in [0.5, 0.6) is 5.75 Å². The fraction of sp³-hybridized carbons (Fsp3) is 0.304. The Morgan fingerprint density at radius 1 is 1.17 bits per heavy atom. The van der Waals surface area contributed by atoms with Crippen molar-refractivity contribution in [2.24, 2.45) is 0 Å². The Kier molecular flexibility index (Phi) is 5.62. The fourth-order valence-corrected chi connectivity index (χ4v) is 3.45. The number of carbonyl (C=O) groups is 1. The van der Waals surface area contributed by atoms with Crippen LogP contribution in [0.25, 0.3) is 11.5 Å². The summed E-state index contributed by atoms with van der Waals surface area (Å²) in [5, 5.41) is 0. The van der Waals surface area contributed by atoms with Gasteiger partial charge in [0.1, 0.15) is 17.6 Å². The first-order valence-corrected chi connectivity index (χ1v) is 9.69. The third-order valence-electron chi connectivity index (χ3n) is 5.14. The van der Waals surface area contributed by atoms with Gasteiger partial charge in [-0.1, -0.05) is 30.3 Å². The molecule has 0 bridgehead atoms.